The number of hydrogen-bond donors (Lipinski definition) is 2. The maximum absolute atomic E-state index is 9.37. The van der Waals surface area contributed by atoms with Crippen molar-refractivity contribution in [2.45, 2.75) is 13.0 Å². The van der Waals surface area contributed by atoms with Crippen molar-refractivity contribution in [2.24, 2.45) is 0 Å². The highest BCUT2D eigenvalue weighted by molar-refractivity contribution is 8.03. The van der Waals surface area contributed by atoms with Crippen LogP contribution < -0.4 is 5.32 Å². The lowest BCUT2D eigenvalue weighted by Crippen LogP contribution is -2.04. The molecule has 0 saturated carbocycles. The largest absolute Gasteiger partial charge is 0.508 e. The van der Waals surface area contributed by atoms with E-state index in [4.69, 9.17) is 0 Å². The van der Waals surface area contributed by atoms with Gasteiger partial charge in [0.25, 0.3) is 0 Å². The summed E-state index contributed by atoms with van der Waals surface area (Å²) >= 11 is 1.86. The molecule has 4 nitrogen and oxygen atoms in total. The second kappa shape index (κ2) is 6.71. The molecule has 0 aliphatic carbocycles. The first-order valence-corrected chi connectivity index (χ1v) is 9.03. The number of benzene rings is 2. The molecule has 0 radical (unpaired) electrons. The first-order chi connectivity index (χ1) is 11.8. The summed E-state index contributed by atoms with van der Waals surface area (Å²) in [7, 11) is 0. The van der Waals surface area contributed by atoms with Crippen LogP contribution in [0, 0.1) is 0 Å². The second-order valence-electron chi connectivity index (χ2n) is 5.93. The third-order valence-corrected chi connectivity index (χ3v) is 5.19. The third kappa shape index (κ3) is 3.32. The van der Waals surface area contributed by atoms with Crippen molar-refractivity contribution in [3.8, 4) is 5.75 Å². The fourth-order valence-electron chi connectivity index (χ4n) is 2.90. The molecule has 1 saturated heterocycles. The number of phenolic OH excluding ortho intramolecular Hbond substituents is 1. The van der Waals surface area contributed by atoms with Gasteiger partial charge in [-0.15, -0.1) is 11.8 Å². The van der Waals surface area contributed by atoms with Crippen LogP contribution in [-0.4, -0.2) is 27.1 Å². The molecule has 122 valence electrons. The zero-order chi connectivity index (χ0) is 16.4. The first kappa shape index (κ1) is 15.3. The molecule has 5 heteroatoms. The number of imidazole rings is 1. The maximum atomic E-state index is 9.37. The van der Waals surface area contributed by atoms with Gasteiger partial charge in [0.15, 0.2) is 0 Å². The summed E-state index contributed by atoms with van der Waals surface area (Å²) in [6, 6.07) is 13.8. The van der Waals surface area contributed by atoms with E-state index in [9.17, 15) is 5.11 Å². The minimum Gasteiger partial charge on any atom is -0.508 e. The normalized spacial score (nSPS) is 16.2. The van der Waals surface area contributed by atoms with E-state index in [0.29, 0.717) is 5.75 Å². The Bertz CT molecular complexity index is 875. The summed E-state index contributed by atoms with van der Waals surface area (Å²) in [5, 5.41) is 12.7. The van der Waals surface area contributed by atoms with Gasteiger partial charge < -0.3 is 15.0 Å². The zero-order valence-corrected chi connectivity index (χ0v) is 14.1. The van der Waals surface area contributed by atoms with Crippen molar-refractivity contribution in [1.82, 2.24) is 14.9 Å². The molecule has 2 N–H and O–H groups in total. The van der Waals surface area contributed by atoms with E-state index in [1.807, 2.05) is 30.2 Å². The highest BCUT2D eigenvalue weighted by Gasteiger charge is 2.08. The molecule has 2 heterocycles. The van der Waals surface area contributed by atoms with E-state index >= 15 is 0 Å². The number of thioether (sulfide) groups is 1. The number of aromatic nitrogens is 2. The van der Waals surface area contributed by atoms with Crippen LogP contribution in [0.5, 0.6) is 5.75 Å². The molecule has 1 aliphatic rings. The van der Waals surface area contributed by atoms with E-state index < -0.39 is 0 Å². The molecular weight excluding hydrogens is 318 g/mol. The van der Waals surface area contributed by atoms with Crippen LogP contribution in [0.1, 0.15) is 11.1 Å². The predicted molar refractivity (Wildman–Crippen MR) is 100.0 cm³/mol. The summed E-state index contributed by atoms with van der Waals surface area (Å²) in [5.74, 6) is 1.31. The molecule has 24 heavy (non-hydrogen) atoms. The number of nitrogens with zero attached hydrogens (tertiary/aromatic N) is 2. The van der Waals surface area contributed by atoms with Crippen LogP contribution in [-0.2, 0) is 13.0 Å². The van der Waals surface area contributed by atoms with Gasteiger partial charge in [0.1, 0.15) is 5.75 Å². The summed E-state index contributed by atoms with van der Waals surface area (Å²) in [6.07, 6.45) is 5.08. The van der Waals surface area contributed by atoms with Gasteiger partial charge in [-0.3, -0.25) is 0 Å². The molecular formula is C19H19N3OS. The fourth-order valence-corrected chi connectivity index (χ4v) is 3.71. The Morgan fingerprint density at radius 3 is 2.88 bits per heavy atom. The molecule has 1 fully saturated rings. The highest BCUT2D eigenvalue weighted by Crippen LogP contribution is 2.24. The summed E-state index contributed by atoms with van der Waals surface area (Å²) in [5.41, 5.74) is 4.63. The molecule has 0 unspecified atom stereocenters. The highest BCUT2D eigenvalue weighted by atomic mass is 32.2. The monoisotopic (exact) mass is 337 g/mol. The van der Waals surface area contributed by atoms with E-state index in [1.54, 1.807) is 12.1 Å². The van der Waals surface area contributed by atoms with Gasteiger partial charge in [-0.1, -0.05) is 18.2 Å². The predicted octanol–water partition coefficient (Wildman–Crippen LogP) is 3.62. The van der Waals surface area contributed by atoms with Crippen molar-refractivity contribution in [3.63, 3.8) is 0 Å². The van der Waals surface area contributed by atoms with Gasteiger partial charge in [-0.2, -0.15) is 0 Å². The summed E-state index contributed by atoms with van der Waals surface area (Å²) in [6.45, 7) is 1.83. The van der Waals surface area contributed by atoms with Gasteiger partial charge in [0, 0.05) is 23.9 Å². The number of aryl methyl sites for hydroxylation is 2. The van der Waals surface area contributed by atoms with Crippen LogP contribution >= 0.6 is 11.8 Å². The number of phenols is 1. The summed E-state index contributed by atoms with van der Waals surface area (Å²) < 4.78 is 2.20. The Kier molecular flexibility index (Phi) is 4.28. The Labute approximate surface area is 145 Å². The average molecular weight is 337 g/mol. The fraction of sp³-hybridized carbons (Fsp3) is 0.211. The Morgan fingerprint density at radius 2 is 2.08 bits per heavy atom. The topological polar surface area (TPSA) is 50.1 Å². The lowest BCUT2D eigenvalue weighted by Gasteiger charge is -2.06. The molecule has 1 aromatic heterocycles. The molecule has 1 aliphatic heterocycles. The molecule has 2 aromatic carbocycles. The molecule has 3 aromatic rings. The number of nitrogens with one attached hydrogen (secondary N) is 1. The number of rotatable bonds is 4. The van der Waals surface area contributed by atoms with Crippen LogP contribution in [0.3, 0.4) is 0 Å². The standard InChI is InChI=1S/C19H19N3OS/c23-16-4-1-14(2-5-16)7-8-22-12-21-18-6-3-15(10-19(18)22)9-17-11-20-13-24-17/h1-6,9-10,12,20,23H,7-8,11,13H2. The van der Waals surface area contributed by atoms with Gasteiger partial charge in [-0.05, 0) is 47.9 Å². The Hall–Kier alpha value is -2.24. The quantitative estimate of drug-likeness (QED) is 0.763. The van der Waals surface area contributed by atoms with Crippen molar-refractivity contribution in [3.05, 3.63) is 64.8 Å². The van der Waals surface area contributed by atoms with Gasteiger partial charge >= 0.3 is 0 Å². The molecule has 0 spiro atoms. The molecule has 0 bridgehead atoms. The van der Waals surface area contributed by atoms with Crippen molar-refractivity contribution in [1.29, 1.82) is 0 Å². The summed E-state index contributed by atoms with van der Waals surface area (Å²) in [4.78, 5) is 5.88. The van der Waals surface area contributed by atoms with Crippen LogP contribution in [0.15, 0.2) is 53.7 Å². The van der Waals surface area contributed by atoms with E-state index in [-0.39, 0.29) is 0 Å². The minimum absolute atomic E-state index is 0.309. The third-order valence-electron chi connectivity index (χ3n) is 4.21. The lowest BCUT2D eigenvalue weighted by atomic mass is 10.1. The van der Waals surface area contributed by atoms with Crippen LogP contribution in [0.25, 0.3) is 17.1 Å². The number of aromatic hydroxyl groups is 1. The van der Waals surface area contributed by atoms with Crippen LogP contribution in [0.2, 0.25) is 0 Å². The average Bonchev–Trinajstić information content (AvgIpc) is 3.24. The lowest BCUT2D eigenvalue weighted by molar-refractivity contribution is 0.475. The smallest absolute Gasteiger partial charge is 0.115 e. The number of hydrogen-bond acceptors (Lipinski definition) is 4. The number of fused-ring (bicyclic) bond motifs is 1. The van der Waals surface area contributed by atoms with E-state index in [1.165, 1.54) is 21.5 Å². The van der Waals surface area contributed by atoms with Gasteiger partial charge in [-0.25, -0.2) is 4.98 Å². The molecule has 0 amide bonds. The van der Waals surface area contributed by atoms with Gasteiger partial charge in [0.2, 0.25) is 0 Å². The minimum atomic E-state index is 0.309. The van der Waals surface area contributed by atoms with Gasteiger partial charge in [0.05, 0.1) is 17.4 Å². The second-order valence-corrected chi connectivity index (χ2v) is 7.03. The van der Waals surface area contributed by atoms with E-state index in [0.717, 1.165) is 30.9 Å². The molecule has 0 atom stereocenters. The zero-order valence-electron chi connectivity index (χ0n) is 13.3. The van der Waals surface area contributed by atoms with E-state index in [2.05, 4.69) is 39.1 Å². The maximum Gasteiger partial charge on any atom is 0.115 e. The van der Waals surface area contributed by atoms with Crippen LogP contribution in [0.4, 0.5) is 0 Å². The van der Waals surface area contributed by atoms with Crippen molar-refractivity contribution in [2.75, 3.05) is 12.4 Å². The van der Waals surface area contributed by atoms with Crippen molar-refractivity contribution < 1.29 is 5.11 Å². The SMILES string of the molecule is Oc1ccc(CCn2cnc3ccc(C=C4CNCS4)cc32)cc1. The molecule has 4 rings (SSSR count). The Balaban J connectivity index is 1.56. The Morgan fingerprint density at radius 1 is 1.21 bits per heavy atom. The first-order valence-electron chi connectivity index (χ1n) is 8.05. The van der Waals surface area contributed by atoms with Crippen molar-refractivity contribution >= 4 is 28.9 Å².